The van der Waals surface area contributed by atoms with Gasteiger partial charge in [0, 0.05) is 12.4 Å². The summed E-state index contributed by atoms with van der Waals surface area (Å²) < 4.78 is 4.85. The van der Waals surface area contributed by atoms with E-state index in [2.05, 4.69) is 9.97 Å². The summed E-state index contributed by atoms with van der Waals surface area (Å²) in [4.78, 5) is 18.7. The molecular weight excluding hydrogens is 222 g/mol. The van der Waals surface area contributed by atoms with Crippen LogP contribution in [0.1, 0.15) is 30.7 Å². The van der Waals surface area contributed by atoms with Crippen molar-refractivity contribution in [2.24, 2.45) is 5.73 Å². The number of carbonyl (C=O) groups is 1. The van der Waals surface area contributed by atoms with E-state index in [4.69, 9.17) is 15.6 Å². The molecule has 0 amide bonds. The molecule has 0 spiro atoms. The summed E-state index contributed by atoms with van der Waals surface area (Å²) >= 11 is 0. The van der Waals surface area contributed by atoms with E-state index in [1.807, 2.05) is 0 Å². The van der Waals surface area contributed by atoms with Gasteiger partial charge < -0.3 is 15.6 Å². The van der Waals surface area contributed by atoms with E-state index in [0.717, 1.165) is 18.4 Å². The van der Waals surface area contributed by atoms with Crippen molar-refractivity contribution < 1.29 is 14.6 Å². The third kappa shape index (κ3) is 4.36. The van der Waals surface area contributed by atoms with Crippen LogP contribution in [0.4, 0.5) is 0 Å². The van der Waals surface area contributed by atoms with Crippen LogP contribution in [0.15, 0.2) is 12.4 Å². The van der Waals surface area contributed by atoms with Crippen LogP contribution in [-0.2, 0) is 4.79 Å². The highest BCUT2D eigenvalue weighted by atomic mass is 16.5. The summed E-state index contributed by atoms with van der Waals surface area (Å²) in [6, 6.07) is 0.279. The third-order valence-electron chi connectivity index (χ3n) is 2.48. The molecule has 0 aliphatic heterocycles. The number of carboxylic acids is 1. The van der Waals surface area contributed by atoms with Gasteiger partial charge in [-0.25, -0.2) is 9.97 Å². The minimum atomic E-state index is -0.831. The molecular formula is C11H17N3O3. The van der Waals surface area contributed by atoms with Crippen LogP contribution in [-0.4, -0.2) is 34.7 Å². The highest BCUT2D eigenvalue weighted by Crippen LogP contribution is 2.24. The molecule has 1 heterocycles. The Morgan fingerprint density at radius 2 is 2.18 bits per heavy atom. The Bertz CT molecular complexity index is 353. The monoisotopic (exact) mass is 239 g/mol. The van der Waals surface area contributed by atoms with Gasteiger partial charge >= 0.3 is 12.0 Å². The fourth-order valence-electron chi connectivity index (χ4n) is 1.60. The average molecular weight is 239 g/mol. The Morgan fingerprint density at radius 1 is 1.53 bits per heavy atom. The molecule has 17 heavy (non-hydrogen) atoms. The first-order chi connectivity index (χ1) is 8.17. The van der Waals surface area contributed by atoms with E-state index in [9.17, 15) is 4.79 Å². The second-order valence-corrected chi connectivity index (χ2v) is 3.73. The summed E-state index contributed by atoms with van der Waals surface area (Å²) in [7, 11) is 1.48. The predicted molar refractivity (Wildman–Crippen MR) is 61.9 cm³/mol. The number of aliphatic carboxylic acids is 1. The van der Waals surface area contributed by atoms with Gasteiger partial charge in [-0.2, -0.15) is 0 Å². The van der Waals surface area contributed by atoms with Gasteiger partial charge in [-0.15, -0.1) is 0 Å². The van der Waals surface area contributed by atoms with Crippen molar-refractivity contribution in [2.45, 2.75) is 25.2 Å². The van der Waals surface area contributed by atoms with Gasteiger partial charge in [-0.3, -0.25) is 4.79 Å². The molecule has 0 saturated carbocycles. The van der Waals surface area contributed by atoms with Crippen LogP contribution in [0, 0.1) is 0 Å². The Kier molecular flexibility index (Phi) is 5.35. The van der Waals surface area contributed by atoms with Crippen molar-refractivity contribution in [3.05, 3.63) is 18.0 Å². The van der Waals surface area contributed by atoms with E-state index >= 15 is 0 Å². The maximum atomic E-state index is 10.8. The largest absolute Gasteiger partial charge is 0.481 e. The second-order valence-electron chi connectivity index (χ2n) is 3.73. The molecule has 3 N–H and O–H groups in total. The molecule has 6 heteroatoms. The zero-order chi connectivity index (χ0) is 12.7. The highest BCUT2D eigenvalue weighted by Gasteiger charge is 2.16. The zero-order valence-electron chi connectivity index (χ0n) is 9.80. The molecule has 0 aliphatic rings. The lowest BCUT2D eigenvalue weighted by Gasteiger charge is -2.14. The van der Waals surface area contributed by atoms with Crippen LogP contribution in [0.5, 0.6) is 6.01 Å². The van der Waals surface area contributed by atoms with Crippen molar-refractivity contribution in [2.75, 3.05) is 13.7 Å². The molecule has 1 rings (SSSR count). The Morgan fingerprint density at radius 3 is 2.65 bits per heavy atom. The molecule has 1 atom stereocenters. The summed E-state index contributed by atoms with van der Waals surface area (Å²) in [5, 5.41) is 8.85. The SMILES string of the molecule is COc1ncc(C(CCCN)CC(=O)O)cn1. The van der Waals surface area contributed by atoms with Gasteiger partial charge in [0.05, 0.1) is 13.5 Å². The number of methoxy groups -OCH3 is 1. The molecule has 0 fully saturated rings. The standard InChI is InChI=1S/C11H17N3O3/c1-17-11-13-6-9(7-14-11)8(3-2-4-12)5-10(15)16/h6-8H,2-5,12H2,1H3,(H,15,16). The van der Waals surface area contributed by atoms with Crippen molar-refractivity contribution in [3.63, 3.8) is 0 Å². The normalized spacial score (nSPS) is 12.1. The van der Waals surface area contributed by atoms with Crippen LogP contribution in [0.25, 0.3) is 0 Å². The molecule has 1 unspecified atom stereocenters. The van der Waals surface area contributed by atoms with Gasteiger partial charge in [0.1, 0.15) is 0 Å². The number of ether oxygens (including phenoxy) is 1. The van der Waals surface area contributed by atoms with Gasteiger partial charge in [0.25, 0.3) is 0 Å². The molecule has 1 aromatic rings. The van der Waals surface area contributed by atoms with Crippen molar-refractivity contribution >= 4 is 5.97 Å². The second kappa shape index (κ2) is 6.80. The summed E-state index contributed by atoms with van der Waals surface area (Å²) in [6.07, 6.45) is 4.78. The number of hydrogen-bond donors (Lipinski definition) is 2. The average Bonchev–Trinajstić information content (AvgIpc) is 2.34. The van der Waals surface area contributed by atoms with Gasteiger partial charge in [0.15, 0.2) is 0 Å². The molecule has 0 saturated heterocycles. The fourth-order valence-corrected chi connectivity index (χ4v) is 1.60. The van der Waals surface area contributed by atoms with Crippen LogP contribution >= 0.6 is 0 Å². The number of hydrogen-bond acceptors (Lipinski definition) is 5. The quantitative estimate of drug-likeness (QED) is 0.729. The van der Waals surface area contributed by atoms with Crippen LogP contribution < -0.4 is 10.5 Å². The van der Waals surface area contributed by atoms with E-state index in [-0.39, 0.29) is 18.3 Å². The topological polar surface area (TPSA) is 98.3 Å². The van der Waals surface area contributed by atoms with Crippen molar-refractivity contribution in [3.8, 4) is 6.01 Å². The molecule has 94 valence electrons. The van der Waals surface area contributed by atoms with Crippen molar-refractivity contribution in [1.82, 2.24) is 9.97 Å². The number of rotatable bonds is 7. The van der Waals surface area contributed by atoms with E-state index in [1.54, 1.807) is 12.4 Å². The Hall–Kier alpha value is -1.69. The summed E-state index contributed by atoms with van der Waals surface area (Å²) in [5.41, 5.74) is 6.24. The first-order valence-corrected chi connectivity index (χ1v) is 5.45. The molecule has 0 aromatic carbocycles. The predicted octanol–water partition coefficient (Wildman–Crippen LogP) is 0.782. The lowest BCUT2D eigenvalue weighted by Crippen LogP contribution is -2.10. The molecule has 0 radical (unpaired) electrons. The Balaban J connectivity index is 2.75. The van der Waals surface area contributed by atoms with Gasteiger partial charge in [0.2, 0.25) is 0 Å². The number of aromatic nitrogens is 2. The minimum Gasteiger partial charge on any atom is -0.481 e. The smallest absolute Gasteiger partial charge is 0.316 e. The number of nitrogens with zero attached hydrogens (tertiary/aromatic N) is 2. The fraction of sp³-hybridized carbons (Fsp3) is 0.545. The number of nitrogens with two attached hydrogens (primary N) is 1. The van der Waals surface area contributed by atoms with Crippen LogP contribution in [0.2, 0.25) is 0 Å². The summed E-state index contributed by atoms with van der Waals surface area (Å²) in [5.74, 6) is -0.926. The van der Waals surface area contributed by atoms with E-state index in [1.165, 1.54) is 7.11 Å². The lowest BCUT2D eigenvalue weighted by molar-refractivity contribution is -0.137. The lowest BCUT2D eigenvalue weighted by atomic mass is 9.93. The maximum absolute atomic E-state index is 10.8. The third-order valence-corrected chi connectivity index (χ3v) is 2.48. The molecule has 0 aliphatic carbocycles. The first kappa shape index (κ1) is 13.4. The minimum absolute atomic E-state index is 0.0652. The van der Waals surface area contributed by atoms with Crippen molar-refractivity contribution in [1.29, 1.82) is 0 Å². The molecule has 1 aromatic heterocycles. The molecule has 0 bridgehead atoms. The van der Waals surface area contributed by atoms with E-state index in [0.29, 0.717) is 6.54 Å². The highest BCUT2D eigenvalue weighted by molar-refractivity contribution is 5.67. The van der Waals surface area contributed by atoms with Gasteiger partial charge in [-0.05, 0) is 30.9 Å². The summed E-state index contributed by atoms with van der Waals surface area (Å²) in [6.45, 7) is 0.549. The van der Waals surface area contributed by atoms with Crippen LogP contribution in [0.3, 0.4) is 0 Å². The molecule has 6 nitrogen and oxygen atoms in total. The van der Waals surface area contributed by atoms with E-state index < -0.39 is 5.97 Å². The first-order valence-electron chi connectivity index (χ1n) is 5.45. The Labute approximate surface area is 99.8 Å². The zero-order valence-corrected chi connectivity index (χ0v) is 9.80. The van der Waals surface area contributed by atoms with Gasteiger partial charge in [-0.1, -0.05) is 0 Å². The number of carboxylic acid groups (broad SMARTS) is 1. The maximum Gasteiger partial charge on any atom is 0.316 e.